The highest BCUT2D eigenvalue weighted by atomic mass is 16.5. The topological polar surface area (TPSA) is 108 Å². The van der Waals surface area contributed by atoms with Crippen LogP contribution in [0.15, 0.2) is 23.5 Å². The number of carbonyl (C=O) groups excluding carboxylic acids is 3. The first-order chi connectivity index (χ1) is 9.98. The van der Waals surface area contributed by atoms with Gasteiger partial charge in [0.1, 0.15) is 12.3 Å². The van der Waals surface area contributed by atoms with E-state index in [1.165, 1.54) is 13.2 Å². The Morgan fingerprint density at radius 1 is 1.19 bits per heavy atom. The van der Waals surface area contributed by atoms with Crippen LogP contribution in [0.1, 0.15) is 26.7 Å². The lowest BCUT2D eigenvalue weighted by Gasteiger charge is -2.08. The molecule has 0 unspecified atom stereocenters. The van der Waals surface area contributed by atoms with Crippen LogP contribution in [0.2, 0.25) is 0 Å². The van der Waals surface area contributed by atoms with Crippen LogP contribution in [0, 0.1) is 0 Å². The van der Waals surface area contributed by atoms with Crippen LogP contribution in [-0.2, 0) is 23.9 Å². The molecular formula is C14H22N2O5. The molecule has 0 fully saturated rings. The third-order valence-electron chi connectivity index (χ3n) is 2.41. The van der Waals surface area contributed by atoms with E-state index in [1.54, 1.807) is 13.0 Å². The number of ether oxygens (including phenoxy) is 2. The number of nitrogens with two attached hydrogens (primary N) is 1. The standard InChI is InChI=1S/C14H22N2O5/c1-4-6-11(21-12(17)8-15)7-10(5-2)14(19)16-9-13(18)20-3/h6-7H,4-5,8-9,15H2,1-3H3,(H,16,19)/b10-7+,11-6+. The molecule has 0 spiro atoms. The highest BCUT2D eigenvalue weighted by Gasteiger charge is 2.11. The van der Waals surface area contributed by atoms with Gasteiger partial charge in [-0.15, -0.1) is 0 Å². The Bertz CT molecular complexity index is 441. The van der Waals surface area contributed by atoms with Crippen LogP contribution >= 0.6 is 0 Å². The van der Waals surface area contributed by atoms with E-state index < -0.39 is 17.8 Å². The van der Waals surface area contributed by atoms with E-state index in [0.29, 0.717) is 18.4 Å². The zero-order valence-electron chi connectivity index (χ0n) is 12.6. The molecule has 0 saturated carbocycles. The van der Waals surface area contributed by atoms with E-state index in [4.69, 9.17) is 10.5 Å². The molecule has 0 aromatic carbocycles. The molecule has 7 nitrogen and oxygen atoms in total. The molecule has 0 aromatic rings. The molecule has 0 aliphatic rings. The molecule has 21 heavy (non-hydrogen) atoms. The van der Waals surface area contributed by atoms with E-state index in [0.717, 1.165) is 0 Å². The van der Waals surface area contributed by atoms with E-state index in [9.17, 15) is 14.4 Å². The SMILES string of the molecule is CC/C=C(\C=C(/CC)C(=O)NCC(=O)OC)OC(=O)CN. The number of amides is 1. The van der Waals surface area contributed by atoms with Crippen molar-refractivity contribution in [3.63, 3.8) is 0 Å². The summed E-state index contributed by atoms with van der Waals surface area (Å²) in [7, 11) is 1.24. The molecule has 0 saturated heterocycles. The van der Waals surface area contributed by atoms with Crippen LogP contribution in [0.4, 0.5) is 0 Å². The second kappa shape index (κ2) is 10.6. The predicted octanol–water partition coefficient (Wildman–Crippen LogP) is 0.408. The summed E-state index contributed by atoms with van der Waals surface area (Å²) in [5, 5.41) is 2.42. The summed E-state index contributed by atoms with van der Waals surface area (Å²) in [5.41, 5.74) is 5.56. The van der Waals surface area contributed by atoms with Crippen molar-refractivity contribution < 1.29 is 23.9 Å². The Morgan fingerprint density at radius 2 is 1.86 bits per heavy atom. The van der Waals surface area contributed by atoms with Crippen molar-refractivity contribution in [3.05, 3.63) is 23.5 Å². The van der Waals surface area contributed by atoms with E-state index in [2.05, 4.69) is 10.1 Å². The molecule has 0 bridgehead atoms. The van der Waals surface area contributed by atoms with Gasteiger partial charge in [-0.25, -0.2) is 0 Å². The largest absolute Gasteiger partial charge is 0.468 e. The minimum absolute atomic E-state index is 0.220. The van der Waals surface area contributed by atoms with Gasteiger partial charge in [0.15, 0.2) is 0 Å². The molecule has 1 amide bonds. The van der Waals surface area contributed by atoms with Crippen molar-refractivity contribution in [2.45, 2.75) is 26.7 Å². The summed E-state index contributed by atoms with van der Waals surface area (Å²) < 4.78 is 9.45. The number of hydrogen-bond donors (Lipinski definition) is 2. The van der Waals surface area contributed by atoms with Gasteiger partial charge in [-0.2, -0.15) is 0 Å². The van der Waals surface area contributed by atoms with Gasteiger partial charge in [0.2, 0.25) is 5.91 Å². The maximum absolute atomic E-state index is 11.9. The first kappa shape index (κ1) is 18.9. The van der Waals surface area contributed by atoms with Crippen molar-refractivity contribution in [2.24, 2.45) is 5.73 Å². The van der Waals surface area contributed by atoms with Gasteiger partial charge in [-0.1, -0.05) is 13.8 Å². The Hall–Kier alpha value is -2.15. The number of nitrogens with one attached hydrogen (secondary N) is 1. The molecule has 0 atom stereocenters. The fraction of sp³-hybridized carbons (Fsp3) is 0.500. The predicted molar refractivity (Wildman–Crippen MR) is 76.9 cm³/mol. The fourth-order valence-electron chi connectivity index (χ4n) is 1.34. The van der Waals surface area contributed by atoms with E-state index in [1.807, 2.05) is 6.92 Å². The van der Waals surface area contributed by atoms with Gasteiger partial charge in [0.25, 0.3) is 0 Å². The van der Waals surface area contributed by atoms with E-state index in [-0.39, 0.29) is 18.8 Å². The zero-order chi connectivity index (χ0) is 16.3. The molecule has 0 aliphatic heterocycles. The molecule has 0 rings (SSSR count). The number of carbonyl (C=O) groups is 3. The third-order valence-corrected chi connectivity index (χ3v) is 2.41. The minimum atomic E-state index is -0.587. The molecule has 7 heteroatoms. The normalized spacial score (nSPS) is 11.8. The Labute approximate surface area is 124 Å². The average Bonchev–Trinajstić information content (AvgIpc) is 2.49. The lowest BCUT2D eigenvalue weighted by molar-refractivity contribution is -0.140. The van der Waals surface area contributed by atoms with E-state index >= 15 is 0 Å². The summed E-state index contributed by atoms with van der Waals surface area (Å²) in [5.74, 6) is -1.29. The van der Waals surface area contributed by atoms with Crippen LogP contribution in [-0.4, -0.2) is 38.0 Å². The van der Waals surface area contributed by atoms with Crippen LogP contribution in [0.25, 0.3) is 0 Å². The Morgan fingerprint density at radius 3 is 2.33 bits per heavy atom. The van der Waals surface area contributed by atoms with Crippen molar-refractivity contribution >= 4 is 17.8 Å². The van der Waals surface area contributed by atoms with Crippen molar-refractivity contribution in [1.82, 2.24) is 5.32 Å². The highest BCUT2D eigenvalue weighted by molar-refractivity contribution is 5.95. The quantitative estimate of drug-likeness (QED) is 0.291. The van der Waals surface area contributed by atoms with Gasteiger partial charge < -0.3 is 20.5 Å². The number of rotatable bonds is 8. The van der Waals surface area contributed by atoms with Gasteiger partial charge in [0, 0.05) is 5.57 Å². The lowest BCUT2D eigenvalue weighted by Crippen LogP contribution is -2.31. The summed E-state index contributed by atoms with van der Waals surface area (Å²) >= 11 is 0. The maximum atomic E-state index is 11.9. The lowest BCUT2D eigenvalue weighted by atomic mass is 10.1. The highest BCUT2D eigenvalue weighted by Crippen LogP contribution is 2.10. The summed E-state index contributed by atoms with van der Waals surface area (Å²) in [6.45, 7) is 3.18. The van der Waals surface area contributed by atoms with Crippen LogP contribution < -0.4 is 11.1 Å². The summed E-state index contributed by atoms with van der Waals surface area (Å²) in [6.07, 6.45) is 4.17. The fourth-order valence-corrected chi connectivity index (χ4v) is 1.34. The molecule has 118 valence electrons. The molecule has 0 heterocycles. The zero-order valence-corrected chi connectivity index (χ0v) is 12.6. The van der Waals surface area contributed by atoms with Crippen molar-refractivity contribution in [1.29, 1.82) is 0 Å². The second-order valence-electron chi connectivity index (χ2n) is 3.97. The Balaban J connectivity index is 4.93. The maximum Gasteiger partial charge on any atom is 0.325 e. The van der Waals surface area contributed by atoms with Crippen LogP contribution in [0.5, 0.6) is 0 Å². The number of methoxy groups -OCH3 is 1. The van der Waals surface area contributed by atoms with Gasteiger partial charge in [0.05, 0.1) is 13.7 Å². The molecule has 0 aliphatic carbocycles. The third kappa shape index (κ3) is 7.88. The second-order valence-corrected chi connectivity index (χ2v) is 3.97. The number of hydrogen-bond acceptors (Lipinski definition) is 6. The van der Waals surface area contributed by atoms with Gasteiger partial charge >= 0.3 is 11.9 Å². The van der Waals surface area contributed by atoms with Crippen LogP contribution in [0.3, 0.4) is 0 Å². The number of allylic oxidation sites excluding steroid dienone is 2. The average molecular weight is 298 g/mol. The monoisotopic (exact) mass is 298 g/mol. The van der Waals surface area contributed by atoms with Crippen molar-refractivity contribution in [2.75, 3.05) is 20.2 Å². The Kier molecular flexibility index (Phi) is 9.53. The first-order valence-corrected chi connectivity index (χ1v) is 6.64. The molecular weight excluding hydrogens is 276 g/mol. The van der Waals surface area contributed by atoms with Gasteiger partial charge in [-0.3, -0.25) is 14.4 Å². The minimum Gasteiger partial charge on any atom is -0.468 e. The summed E-state index contributed by atoms with van der Waals surface area (Å²) in [6, 6.07) is 0. The molecule has 3 N–H and O–H groups in total. The molecule has 0 aromatic heterocycles. The smallest absolute Gasteiger partial charge is 0.325 e. The van der Waals surface area contributed by atoms with Gasteiger partial charge in [-0.05, 0) is 25.0 Å². The molecule has 0 radical (unpaired) electrons. The van der Waals surface area contributed by atoms with Crippen molar-refractivity contribution in [3.8, 4) is 0 Å². The number of esters is 2. The summed E-state index contributed by atoms with van der Waals surface area (Å²) in [4.78, 5) is 34.1. The first-order valence-electron chi connectivity index (χ1n) is 6.64.